The lowest BCUT2D eigenvalue weighted by Crippen LogP contribution is -2.28. The van der Waals surface area contributed by atoms with Crippen molar-refractivity contribution in [2.24, 2.45) is 0 Å². The molecule has 17 aromatic rings. The van der Waals surface area contributed by atoms with E-state index in [2.05, 4.69) is 442 Å². The molecule has 4 aliphatic carbocycles. The Balaban J connectivity index is 0.000000104. The lowest BCUT2D eigenvalue weighted by Gasteiger charge is -2.34. The van der Waals surface area contributed by atoms with Gasteiger partial charge in [-0.3, -0.25) is 0 Å². The minimum Gasteiger partial charge on any atom is -0.0622 e. The summed E-state index contributed by atoms with van der Waals surface area (Å²) in [5.74, 6) is 0. The smallest absolute Gasteiger partial charge is 0.0622 e. The standard InChI is InChI=1S/C32H22.C32H24.C23H18.C22H20/c1-21-14-16-22(17-15-21)23-18-19-27-26-10-4-7-13-30(26)32(31(27)20-23)28-11-5-2-8-24(28)25-9-3-6-12-29(25)32;1-23-16-18-24(19-17-23)25-20-21-29-28-14-8-9-15-30(28)32(31(29)22-25,26-10-4-2-5-11-26)27-12-6-3-7-13-27;1-17-6-8-19(9-7-17)20-10-12-21(13-11-20)23-15-14-18-4-2-3-5-22(18)16-23;1-15-8-10-16(11-9-15)17-12-13-19-18-6-4-5-7-20(18)22(2,3)21(19)14-17/h2-20H,1H3;2-22H,1H3;2-16H,1H3;4-14H,1-3H3. The molecule has 109 heavy (non-hydrogen) atoms. The summed E-state index contributed by atoms with van der Waals surface area (Å²) in [6.45, 7) is 13.2. The number of rotatable bonds is 7. The minimum atomic E-state index is -0.338. The van der Waals surface area contributed by atoms with E-state index in [1.807, 2.05) is 0 Å². The molecule has 0 heteroatoms. The number of aryl methyl sites for hydroxylation is 4. The highest BCUT2D eigenvalue weighted by atomic mass is 14.5. The molecular weight excluding hydrogens is 1310 g/mol. The van der Waals surface area contributed by atoms with Crippen LogP contribution in [0.3, 0.4) is 0 Å². The number of benzene rings is 17. The van der Waals surface area contributed by atoms with E-state index in [1.165, 1.54) is 189 Å². The highest BCUT2D eigenvalue weighted by molar-refractivity contribution is 5.97. The number of fused-ring (bicyclic) bond motifs is 17. The van der Waals surface area contributed by atoms with Crippen molar-refractivity contribution >= 4 is 10.8 Å². The first kappa shape index (κ1) is 67.9. The molecule has 0 bridgehead atoms. The van der Waals surface area contributed by atoms with Crippen LogP contribution in [0.2, 0.25) is 0 Å². The molecule has 0 atom stereocenters. The Hall–Kier alpha value is -13.0. The zero-order valence-electron chi connectivity index (χ0n) is 62.6. The van der Waals surface area contributed by atoms with Crippen LogP contribution in [0.5, 0.6) is 0 Å². The third-order valence-electron chi connectivity index (χ3n) is 23.5. The molecule has 0 fully saturated rings. The fourth-order valence-corrected chi connectivity index (χ4v) is 18.0. The molecule has 0 saturated heterocycles. The molecule has 0 saturated carbocycles. The Kier molecular flexibility index (Phi) is 17.5. The summed E-state index contributed by atoms with van der Waals surface area (Å²) >= 11 is 0. The van der Waals surface area contributed by atoms with Gasteiger partial charge in [-0.05, 0) is 219 Å². The molecule has 0 N–H and O–H groups in total. The SMILES string of the molecule is Cc1ccc(-c2ccc(-c3ccc4ccccc4c3)cc2)cc1.Cc1ccc(-c2ccc3c(c2)C(C)(C)c2ccccc2-3)cc1.Cc1ccc(-c2ccc3c(c2)C(c2ccccc2)(c2ccccc2)c2ccccc2-3)cc1.Cc1ccc(-c2ccc3c(c2)C2(c4ccccc4-c4ccccc42)c2ccccc2-3)cc1. The van der Waals surface area contributed by atoms with Crippen molar-refractivity contribution in [1.29, 1.82) is 0 Å². The van der Waals surface area contributed by atoms with Crippen molar-refractivity contribution in [1.82, 2.24) is 0 Å². The molecule has 0 radical (unpaired) electrons. The van der Waals surface area contributed by atoms with E-state index in [4.69, 9.17) is 0 Å². The predicted molar refractivity (Wildman–Crippen MR) is 461 cm³/mol. The van der Waals surface area contributed by atoms with E-state index in [9.17, 15) is 0 Å². The zero-order valence-corrected chi connectivity index (χ0v) is 62.6. The maximum Gasteiger partial charge on any atom is 0.0725 e. The first-order valence-electron chi connectivity index (χ1n) is 38.3. The summed E-state index contributed by atoms with van der Waals surface area (Å²) in [7, 11) is 0. The van der Waals surface area contributed by atoms with Gasteiger partial charge in [-0.2, -0.15) is 0 Å². The summed E-state index contributed by atoms with van der Waals surface area (Å²) in [6.07, 6.45) is 0. The normalized spacial score (nSPS) is 13.3. The van der Waals surface area contributed by atoms with Crippen molar-refractivity contribution in [3.05, 3.63) is 478 Å². The van der Waals surface area contributed by atoms with Gasteiger partial charge in [-0.1, -0.05) is 412 Å². The second-order valence-corrected chi connectivity index (χ2v) is 30.5. The molecule has 0 nitrogen and oxygen atoms in total. The number of hydrogen-bond donors (Lipinski definition) is 0. The summed E-state index contributed by atoms with van der Waals surface area (Å²) in [5, 5.41) is 2.57. The molecule has 17 aromatic carbocycles. The molecule has 0 aliphatic heterocycles. The van der Waals surface area contributed by atoms with Crippen LogP contribution in [0.15, 0.2) is 400 Å². The third-order valence-corrected chi connectivity index (χ3v) is 23.5. The van der Waals surface area contributed by atoms with Crippen LogP contribution in [0.1, 0.15) is 91.7 Å². The monoisotopic (exact) mass is 1390 g/mol. The predicted octanol–water partition coefficient (Wildman–Crippen LogP) is 28.5. The summed E-state index contributed by atoms with van der Waals surface area (Å²) in [4.78, 5) is 0. The van der Waals surface area contributed by atoms with Crippen molar-refractivity contribution in [2.45, 2.75) is 57.8 Å². The molecule has 0 heterocycles. The zero-order chi connectivity index (χ0) is 73.8. The van der Waals surface area contributed by atoms with E-state index < -0.39 is 0 Å². The van der Waals surface area contributed by atoms with Gasteiger partial charge in [0.2, 0.25) is 0 Å². The van der Waals surface area contributed by atoms with Gasteiger partial charge in [0.1, 0.15) is 0 Å². The molecule has 1 spiro atoms. The van der Waals surface area contributed by atoms with Crippen molar-refractivity contribution in [2.75, 3.05) is 0 Å². The van der Waals surface area contributed by atoms with Crippen LogP contribution in [-0.2, 0) is 16.2 Å². The molecule has 0 aromatic heterocycles. The highest BCUT2D eigenvalue weighted by Crippen LogP contribution is 2.63. The average Bonchev–Trinajstić information content (AvgIpc) is 1.52. The molecule has 4 aliphatic rings. The molecule has 21 rings (SSSR count). The quantitative estimate of drug-likeness (QED) is 0.149. The van der Waals surface area contributed by atoms with Crippen LogP contribution < -0.4 is 0 Å². The molecule has 520 valence electrons. The second kappa shape index (κ2) is 28.0. The molecule has 0 amide bonds. The van der Waals surface area contributed by atoms with E-state index in [0.29, 0.717) is 0 Å². The second-order valence-electron chi connectivity index (χ2n) is 30.5. The third kappa shape index (κ3) is 11.9. The first-order valence-corrected chi connectivity index (χ1v) is 38.3. The molecule has 0 unspecified atom stereocenters. The minimum absolute atomic E-state index is 0.0760. The first-order chi connectivity index (χ1) is 53.4. The van der Waals surface area contributed by atoms with E-state index in [-0.39, 0.29) is 16.2 Å². The van der Waals surface area contributed by atoms with Gasteiger partial charge in [0, 0.05) is 5.41 Å². The van der Waals surface area contributed by atoms with Gasteiger partial charge < -0.3 is 0 Å². The van der Waals surface area contributed by atoms with Gasteiger partial charge in [0.15, 0.2) is 0 Å². The van der Waals surface area contributed by atoms with Gasteiger partial charge >= 0.3 is 0 Å². The highest BCUT2D eigenvalue weighted by Gasteiger charge is 2.52. The summed E-state index contributed by atoms with van der Waals surface area (Å²) in [6, 6.07) is 147. The Labute approximate surface area is 642 Å². The van der Waals surface area contributed by atoms with Crippen LogP contribution >= 0.6 is 0 Å². The van der Waals surface area contributed by atoms with Crippen molar-refractivity contribution in [3.8, 4) is 100 Å². The largest absolute Gasteiger partial charge is 0.0725 e. The Bertz CT molecular complexity index is 5980. The van der Waals surface area contributed by atoms with Crippen LogP contribution in [0, 0.1) is 27.7 Å². The van der Waals surface area contributed by atoms with Crippen LogP contribution in [0.4, 0.5) is 0 Å². The summed E-state index contributed by atoms with van der Waals surface area (Å²) < 4.78 is 0. The van der Waals surface area contributed by atoms with E-state index in [1.54, 1.807) is 0 Å². The Morgan fingerprint density at radius 3 is 0.780 bits per heavy atom. The fraction of sp³-hybridized carbons (Fsp3) is 0.0826. The van der Waals surface area contributed by atoms with Crippen molar-refractivity contribution < 1.29 is 0 Å². The number of hydrogen-bond acceptors (Lipinski definition) is 0. The Morgan fingerprint density at radius 2 is 0.394 bits per heavy atom. The fourth-order valence-electron chi connectivity index (χ4n) is 18.0. The van der Waals surface area contributed by atoms with E-state index >= 15 is 0 Å². The lowest BCUT2D eigenvalue weighted by molar-refractivity contribution is 0.660. The van der Waals surface area contributed by atoms with Gasteiger partial charge in [-0.15, -0.1) is 0 Å². The molecular formula is C109H84. The summed E-state index contributed by atoms with van der Waals surface area (Å²) in [5.41, 5.74) is 41.9. The maximum absolute atomic E-state index is 2.44. The Morgan fingerprint density at radius 1 is 0.156 bits per heavy atom. The average molecular weight is 1390 g/mol. The van der Waals surface area contributed by atoms with Gasteiger partial charge in [0.05, 0.1) is 10.8 Å². The van der Waals surface area contributed by atoms with Crippen molar-refractivity contribution in [3.63, 3.8) is 0 Å². The van der Waals surface area contributed by atoms with E-state index in [0.717, 1.165) is 0 Å². The lowest BCUT2D eigenvalue weighted by atomic mass is 9.67. The van der Waals surface area contributed by atoms with Crippen LogP contribution in [-0.4, -0.2) is 0 Å². The van der Waals surface area contributed by atoms with Gasteiger partial charge in [-0.25, -0.2) is 0 Å². The van der Waals surface area contributed by atoms with Gasteiger partial charge in [0.25, 0.3) is 0 Å². The maximum atomic E-state index is 2.44. The topological polar surface area (TPSA) is 0 Å². The van der Waals surface area contributed by atoms with Crippen LogP contribution in [0.25, 0.3) is 111 Å².